The SMILES string of the molecule is CCC(C#N)(CCCN(C)C1CCCCCC1)NC. The first-order valence-corrected chi connectivity index (χ1v) is 7.98. The van der Waals surface area contributed by atoms with Gasteiger partial charge in [0.1, 0.15) is 5.54 Å². The van der Waals surface area contributed by atoms with Crippen molar-refractivity contribution in [2.75, 3.05) is 20.6 Å². The second-order valence-corrected chi connectivity index (χ2v) is 6.03. The zero-order chi connectivity index (χ0) is 14.1. The van der Waals surface area contributed by atoms with Gasteiger partial charge in [0, 0.05) is 6.04 Å². The van der Waals surface area contributed by atoms with Crippen LogP contribution >= 0.6 is 0 Å². The van der Waals surface area contributed by atoms with Gasteiger partial charge >= 0.3 is 0 Å². The van der Waals surface area contributed by atoms with E-state index < -0.39 is 0 Å². The molecular formula is C16H31N3. The molecule has 1 atom stereocenters. The highest BCUT2D eigenvalue weighted by Crippen LogP contribution is 2.22. The van der Waals surface area contributed by atoms with Crippen LogP contribution in [-0.2, 0) is 0 Å². The van der Waals surface area contributed by atoms with E-state index in [1.807, 2.05) is 7.05 Å². The molecule has 0 saturated heterocycles. The molecule has 0 amide bonds. The van der Waals surface area contributed by atoms with Crippen molar-refractivity contribution >= 4 is 0 Å². The predicted molar refractivity (Wildman–Crippen MR) is 81.0 cm³/mol. The van der Waals surface area contributed by atoms with Gasteiger partial charge in [0.2, 0.25) is 0 Å². The molecule has 0 bridgehead atoms. The van der Waals surface area contributed by atoms with Gasteiger partial charge in [-0.25, -0.2) is 0 Å². The maximum atomic E-state index is 9.30. The second-order valence-electron chi connectivity index (χ2n) is 6.03. The summed E-state index contributed by atoms with van der Waals surface area (Å²) in [4.78, 5) is 2.53. The van der Waals surface area contributed by atoms with E-state index in [-0.39, 0.29) is 5.54 Å². The Kier molecular flexibility index (Phi) is 7.41. The number of nitrogens with one attached hydrogen (secondary N) is 1. The fourth-order valence-electron chi connectivity index (χ4n) is 3.18. The van der Waals surface area contributed by atoms with Crippen LogP contribution in [0.3, 0.4) is 0 Å². The summed E-state index contributed by atoms with van der Waals surface area (Å²) >= 11 is 0. The molecule has 1 aliphatic rings. The van der Waals surface area contributed by atoms with Gasteiger partial charge in [0.25, 0.3) is 0 Å². The van der Waals surface area contributed by atoms with Gasteiger partial charge in [-0.05, 0) is 52.7 Å². The lowest BCUT2D eigenvalue weighted by Crippen LogP contribution is -2.42. The third-order valence-corrected chi connectivity index (χ3v) is 4.86. The standard InChI is InChI=1S/C16H31N3/c1-4-16(14-17,18-2)12-9-13-19(3)15-10-7-5-6-8-11-15/h15,18H,4-13H2,1-3H3. The average molecular weight is 265 g/mol. The summed E-state index contributed by atoms with van der Waals surface area (Å²) in [7, 11) is 4.16. The quantitative estimate of drug-likeness (QED) is 0.718. The molecule has 1 aliphatic carbocycles. The van der Waals surface area contributed by atoms with Crippen LogP contribution in [0.4, 0.5) is 0 Å². The van der Waals surface area contributed by atoms with Crippen LogP contribution in [0.25, 0.3) is 0 Å². The van der Waals surface area contributed by atoms with Gasteiger partial charge in [-0.2, -0.15) is 5.26 Å². The van der Waals surface area contributed by atoms with E-state index in [0.29, 0.717) is 0 Å². The van der Waals surface area contributed by atoms with Crippen molar-refractivity contribution in [3.05, 3.63) is 0 Å². The van der Waals surface area contributed by atoms with E-state index in [1.165, 1.54) is 38.5 Å². The lowest BCUT2D eigenvalue weighted by molar-refractivity contribution is 0.210. The Balaban J connectivity index is 2.33. The first-order chi connectivity index (χ1) is 9.17. The molecule has 0 aromatic heterocycles. The van der Waals surface area contributed by atoms with Crippen molar-refractivity contribution < 1.29 is 0 Å². The van der Waals surface area contributed by atoms with Gasteiger partial charge in [-0.15, -0.1) is 0 Å². The van der Waals surface area contributed by atoms with Crippen molar-refractivity contribution in [2.24, 2.45) is 0 Å². The van der Waals surface area contributed by atoms with Crippen molar-refractivity contribution in [1.82, 2.24) is 10.2 Å². The van der Waals surface area contributed by atoms with Gasteiger partial charge in [0.05, 0.1) is 6.07 Å². The van der Waals surface area contributed by atoms with Gasteiger partial charge in [0.15, 0.2) is 0 Å². The first-order valence-electron chi connectivity index (χ1n) is 7.98. The highest BCUT2D eigenvalue weighted by atomic mass is 15.1. The fraction of sp³-hybridized carbons (Fsp3) is 0.938. The summed E-state index contributed by atoms with van der Waals surface area (Å²) in [5.41, 5.74) is -0.315. The van der Waals surface area contributed by atoms with Gasteiger partial charge in [-0.3, -0.25) is 0 Å². The molecule has 1 saturated carbocycles. The van der Waals surface area contributed by atoms with E-state index in [2.05, 4.69) is 30.3 Å². The Morgan fingerprint density at radius 3 is 2.37 bits per heavy atom. The van der Waals surface area contributed by atoms with Crippen molar-refractivity contribution in [2.45, 2.75) is 76.3 Å². The van der Waals surface area contributed by atoms with Gasteiger partial charge < -0.3 is 10.2 Å². The summed E-state index contributed by atoms with van der Waals surface area (Å²) in [5, 5.41) is 12.5. The zero-order valence-electron chi connectivity index (χ0n) is 13.0. The molecule has 19 heavy (non-hydrogen) atoms. The summed E-state index contributed by atoms with van der Waals surface area (Å²) < 4.78 is 0. The Morgan fingerprint density at radius 1 is 1.26 bits per heavy atom. The number of hydrogen-bond donors (Lipinski definition) is 1. The molecule has 0 aromatic rings. The molecule has 0 heterocycles. The fourth-order valence-corrected chi connectivity index (χ4v) is 3.18. The van der Waals surface area contributed by atoms with E-state index in [4.69, 9.17) is 0 Å². The van der Waals surface area contributed by atoms with Crippen LogP contribution < -0.4 is 5.32 Å². The third kappa shape index (κ3) is 5.12. The van der Waals surface area contributed by atoms with Crippen LogP contribution in [0.1, 0.15) is 64.7 Å². The Labute approximate surface area is 119 Å². The Bertz CT molecular complexity index is 270. The number of nitrogens with zero attached hydrogens (tertiary/aromatic N) is 2. The summed E-state index contributed by atoms with van der Waals surface area (Å²) in [6.07, 6.45) is 11.3. The highest BCUT2D eigenvalue weighted by molar-refractivity contribution is 5.05. The van der Waals surface area contributed by atoms with Crippen molar-refractivity contribution in [3.8, 4) is 6.07 Å². The molecule has 1 unspecified atom stereocenters. The molecule has 1 fully saturated rings. The zero-order valence-corrected chi connectivity index (χ0v) is 13.0. The molecule has 0 spiro atoms. The van der Waals surface area contributed by atoms with Crippen LogP contribution in [0, 0.1) is 11.3 Å². The maximum Gasteiger partial charge on any atom is 0.106 e. The molecule has 110 valence electrons. The van der Waals surface area contributed by atoms with Crippen LogP contribution in [-0.4, -0.2) is 37.1 Å². The van der Waals surface area contributed by atoms with Crippen molar-refractivity contribution in [3.63, 3.8) is 0 Å². The largest absolute Gasteiger partial charge is 0.303 e. The van der Waals surface area contributed by atoms with E-state index in [1.54, 1.807) is 0 Å². The number of hydrogen-bond acceptors (Lipinski definition) is 3. The molecule has 0 aliphatic heterocycles. The van der Waals surface area contributed by atoms with E-state index >= 15 is 0 Å². The Hall–Kier alpha value is -0.590. The average Bonchev–Trinajstić information content (AvgIpc) is 2.73. The summed E-state index contributed by atoms with van der Waals surface area (Å²) in [6.45, 7) is 3.21. The predicted octanol–water partition coefficient (Wildman–Crippen LogP) is 3.31. The lowest BCUT2D eigenvalue weighted by Gasteiger charge is -2.29. The molecule has 3 nitrogen and oxygen atoms in total. The van der Waals surface area contributed by atoms with Crippen LogP contribution in [0.15, 0.2) is 0 Å². The topological polar surface area (TPSA) is 39.1 Å². The first kappa shape index (κ1) is 16.5. The lowest BCUT2D eigenvalue weighted by atomic mass is 9.92. The number of nitriles is 1. The second kappa shape index (κ2) is 8.55. The van der Waals surface area contributed by atoms with Crippen LogP contribution in [0.5, 0.6) is 0 Å². The van der Waals surface area contributed by atoms with Crippen LogP contribution in [0.2, 0.25) is 0 Å². The molecule has 0 radical (unpaired) electrons. The highest BCUT2D eigenvalue weighted by Gasteiger charge is 2.25. The van der Waals surface area contributed by atoms with E-state index in [9.17, 15) is 5.26 Å². The smallest absolute Gasteiger partial charge is 0.106 e. The molecule has 3 heteroatoms. The van der Waals surface area contributed by atoms with Gasteiger partial charge in [-0.1, -0.05) is 32.6 Å². The molecule has 0 aromatic carbocycles. The summed E-state index contributed by atoms with van der Waals surface area (Å²) in [6, 6.07) is 3.22. The Morgan fingerprint density at radius 2 is 1.89 bits per heavy atom. The van der Waals surface area contributed by atoms with E-state index in [0.717, 1.165) is 31.8 Å². The summed E-state index contributed by atoms with van der Waals surface area (Å²) in [5.74, 6) is 0. The minimum atomic E-state index is -0.315. The molecular weight excluding hydrogens is 234 g/mol. The molecule has 1 rings (SSSR count). The minimum absolute atomic E-state index is 0.315. The third-order valence-electron chi connectivity index (χ3n) is 4.86. The minimum Gasteiger partial charge on any atom is -0.303 e. The monoisotopic (exact) mass is 265 g/mol. The number of rotatable bonds is 7. The normalized spacial score (nSPS) is 20.8. The van der Waals surface area contributed by atoms with Crippen molar-refractivity contribution in [1.29, 1.82) is 5.26 Å². The molecule has 1 N–H and O–H groups in total. The maximum absolute atomic E-state index is 9.30.